The smallest absolute Gasteiger partial charge is 0.243 e. The number of sulfonamides is 1. The molecule has 2 fully saturated rings. The van der Waals surface area contributed by atoms with Crippen LogP contribution in [0.15, 0.2) is 29.2 Å². The average molecular weight is 338 g/mol. The van der Waals surface area contributed by atoms with Gasteiger partial charge in [0.2, 0.25) is 10.0 Å². The van der Waals surface area contributed by atoms with Crippen molar-refractivity contribution in [3.8, 4) is 0 Å². The zero-order valence-electron chi connectivity index (χ0n) is 13.6. The van der Waals surface area contributed by atoms with Gasteiger partial charge in [-0.2, -0.15) is 4.31 Å². The molecule has 1 saturated heterocycles. The number of anilines is 1. The van der Waals surface area contributed by atoms with Gasteiger partial charge in [-0.15, -0.1) is 0 Å². The van der Waals surface area contributed by atoms with Crippen LogP contribution in [0.2, 0.25) is 0 Å². The molecule has 0 aromatic heterocycles. The van der Waals surface area contributed by atoms with E-state index in [0.29, 0.717) is 36.9 Å². The molecule has 23 heavy (non-hydrogen) atoms. The summed E-state index contributed by atoms with van der Waals surface area (Å²) in [4.78, 5) is 0.338. The molecule has 1 aromatic carbocycles. The van der Waals surface area contributed by atoms with E-state index in [1.165, 1.54) is 10.7 Å². The van der Waals surface area contributed by atoms with Gasteiger partial charge in [-0.25, -0.2) is 8.42 Å². The topological polar surface area (TPSA) is 69.6 Å². The van der Waals surface area contributed by atoms with Crippen molar-refractivity contribution in [2.24, 2.45) is 5.92 Å². The molecule has 128 valence electrons. The molecule has 2 atom stereocenters. The lowest BCUT2D eigenvalue weighted by Gasteiger charge is -2.29. The van der Waals surface area contributed by atoms with Crippen molar-refractivity contribution in [2.45, 2.75) is 56.1 Å². The summed E-state index contributed by atoms with van der Waals surface area (Å²) in [5, 5.41) is 13.0. The van der Waals surface area contributed by atoms with E-state index < -0.39 is 10.0 Å². The van der Waals surface area contributed by atoms with Crippen LogP contribution in [0.3, 0.4) is 0 Å². The fourth-order valence-electron chi connectivity index (χ4n) is 3.55. The summed E-state index contributed by atoms with van der Waals surface area (Å²) in [6.45, 7) is 3.04. The van der Waals surface area contributed by atoms with Crippen LogP contribution in [0.4, 0.5) is 5.69 Å². The first kappa shape index (κ1) is 16.7. The molecule has 0 amide bonds. The molecule has 0 unspecified atom stereocenters. The fraction of sp³-hybridized carbons (Fsp3) is 0.647. The van der Waals surface area contributed by atoms with E-state index in [-0.39, 0.29) is 6.10 Å². The van der Waals surface area contributed by atoms with Crippen LogP contribution in [0.25, 0.3) is 0 Å². The fourth-order valence-corrected chi connectivity index (χ4v) is 5.07. The Kier molecular flexibility index (Phi) is 4.94. The van der Waals surface area contributed by atoms with Crippen molar-refractivity contribution >= 4 is 15.7 Å². The number of hydrogen-bond donors (Lipinski definition) is 2. The maximum Gasteiger partial charge on any atom is 0.243 e. The minimum atomic E-state index is -3.47. The van der Waals surface area contributed by atoms with Crippen LogP contribution in [0.5, 0.6) is 0 Å². The summed E-state index contributed by atoms with van der Waals surface area (Å²) in [6.07, 6.45) is 4.15. The largest absolute Gasteiger partial charge is 0.393 e. The van der Waals surface area contributed by atoms with Crippen molar-refractivity contribution in [3.63, 3.8) is 0 Å². The maximum atomic E-state index is 12.8. The predicted molar refractivity (Wildman–Crippen MR) is 90.9 cm³/mol. The molecular formula is C17H26N2O3S. The van der Waals surface area contributed by atoms with Crippen LogP contribution in [0, 0.1) is 5.92 Å². The Hall–Kier alpha value is -1.11. The van der Waals surface area contributed by atoms with Gasteiger partial charge in [-0.1, -0.05) is 13.0 Å². The second-order valence-corrected chi connectivity index (χ2v) is 8.86. The molecule has 0 bridgehead atoms. The van der Waals surface area contributed by atoms with Crippen molar-refractivity contribution in [1.82, 2.24) is 4.31 Å². The molecule has 1 heterocycles. The molecule has 1 aromatic rings. The summed E-state index contributed by atoms with van der Waals surface area (Å²) in [7, 11) is -3.47. The SMILES string of the molecule is C[C@@H]1CC[C@H](Nc2cccc(S(=O)(=O)N3CCC(O)CC3)c2)C1. The van der Waals surface area contributed by atoms with Crippen molar-refractivity contribution in [1.29, 1.82) is 0 Å². The minimum absolute atomic E-state index is 0.338. The van der Waals surface area contributed by atoms with Gasteiger partial charge in [0.1, 0.15) is 0 Å². The summed E-state index contributed by atoms with van der Waals surface area (Å²) in [5.41, 5.74) is 0.877. The molecule has 0 spiro atoms. The standard InChI is InChI=1S/C17H26N2O3S/c1-13-5-6-15(11-13)18-14-3-2-4-17(12-14)23(21,22)19-9-7-16(20)8-10-19/h2-4,12-13,15-16,18,20H,5-11H2,1H3/t13-,15+/m1/s1. The number of piperidine rings is 1. The molecule has 2 aliphatic rings. The highest BCUT2D eigenvalue weighted by Gasteiger charge is 2.29. The first-order chi connectivity index (χ1) is 10.9. The normalized spacial score (nSPS) is 27.2. The van der Waals surface area contributed by atoms with Gasteiger partial charge in [0, 0.05) is 24.8 Å². The van der Waals surface area contributed by atoms with Crippen LogP contribution in [0.1, 0.15) is 39.0 Å². The number of benzene rings is 1. The van der Waals surface area contributed by atoms with Crippen molar-refractivity contribution < 1.29 is 13.5 Å². The van der Waals surface area contributed by atoms with E-state index in [2.05, 4.69) is 12.2 Å². The van der Waals surface area contributed by atoms with Crippen LogP contribution < -0.4 is 5.32 Å². The second kappa shape index (κ2) is 6.79. The third-order valence-electron chi connectivity index (χ3n) is 4.96. The van der Waals surface area contributed by atoms with E-state index in [1.807, 2.05) is 6.07 Å². The third kappa shape index (κ3) is 3.87. The number of aliphatic hydroxyl groups is 1. The van der Waals surface area contributed by atoms with Gasteiger partial charge < -0.3 is 10.4 Å². The molecule has 6 heteroatoms. The molecule has 0 radical (unpaired) electrons. The molecule has 1 saturated carbocycles. The van der Waals surface area contributed by atoms with E-state index in [1.54, 1.807) is 18.2 Å². The minimum Gasteiger partial charge on any atom is -0.393 e. The van der Waals surface area contributed by atoms with E-state index in [9.17, 15) is 13.5 Å². The van der Waals surface area contributed by atoms with Gasteiger partial charge in [0.25, 0.3) is 0 Å². The Labute approximate surface area is 138 Å². The first-order valence-electron chi connectivity index (χ1n) is 8.50. The van der Waals surface area contributed by atoms with E-state index >= 15 is 0 Å². The monoisotopic (exact) mass is 338 g/mol. The lowest BCUT2D eigenvalue weighted by molar-refractivity contribution is 0.113. The summed E-state index contributed by atoms with van der Waals surface area (Å²) >= 11 is 0. The lowest BCUT2D eigenvalue weighted by Crippen LogP contribution is -2.40. The number of rotatable bonds is 4. The summed E-state index contributed by atoms with van der Waals surface area (Å²) in [6, 6.07) is 7.56. The van der Waals surface area contributed by atoms with Gasteiger partial charge in [0.05, 0.1) is 11.0 Å². The van der Waals surface area contributed by atoms with E-state index in [4.69, 9.17) is 0 Å². The molecule has 5 nitrogen and oxygen atoms in total. The zero-order valence-corrected chi connectivity index (χ0v) is 14.4. The van der Waals surface area contributed by atoms with Crippen molar-refractivity contribution in [2.75, 3.05) is 18.4 Å². The molecule has 2 N–H and O–H groups in total. The lowest BCUT2D eigenvalue weighted by atomic mass is 10.1. The highest BCUT2D eigenvalue weighted by Crippen LogP contribution is 2.29. The number of aliphatic hydroxyl groups excluding tert-OH is 1. The summed E-state index contributed by atoms with van der Waals surface area (Å²) in [5.74, 6) is 0.735. The number of nitrogens with zero attached hydrogens (tertiary/aromatic N) is 1. The van der Waals surface area contributed by atoms with Gasteiger partial charge >= 0.3 is 0 Å². The quantitative estimate of drug-likeness (QED) is 0.885. The second-order valence-electron chi connectivity index (χ2n) is 6.92. The number of hydrogen-bond acceptors (Lipinski definition) is 4. The van der Waals surface area contributed by atoms with Crippen LogP contribution in [-0.4, -0.2) is 43.1 Å². The maximum absolute atomic E-state index is 12.8. The van der Waals surface area contributed by atoms with Crippen molar-refractivity contribution in [3.05, 3.63) is 24.3 Å². The summed E-state index contributed by atoms with van der Waals surface area (Å²) < 4.78 is 27.0. The zero-order chi connectivity index (χ0) is 16.4. The average Bonchev–Trinajstić information content (AvgIpc) is 2.93. The third-order valence-corrected chi connectivity index (χ3v) is 6.86. The molecule has 1 aliphatic heterocycles. The number of nitrogens with one attached hydrogen (secondary N) is 1. The Bertz CT molecular complexity index is 639. The highest BCUT2D eigenvalue weighted by molar-refractivity contribution is 7.89. The Balaban J connectivity index is 1.73. The van der Waals surface area contributed by atoms with Gasteiger partial charge in [-0.05, 0) is 56.2 Å². The Morgan fingerprint density at radius 2 is 1.91 bits per heavy atom. The van der Waals surface area contributed by atoms with E-state index in [0.717, 1.165) is 24.4 Å². The Morgan fingerprint density at radius 3 is 2.57 bits per heavy atom. The van der Waals surface area contributed by atoms with Crippen LogP contribution >= 0.6 is 0 Å². The van der Waals surface area contributed by atoms with Gasteiger partial charge in [0.15, 0.2) is 0 Å². The van der Waals surface area contributed by atoms with Gasteiger partial charge in [-0.3, -0.25) is 0 Å². The first-order valence-corrected chi connectivity index (χ1v) is 9.94. The molecular weight excluding hydrogens is 312 g/mol. The Morgan fingerprint density at radius 1 is 1.17 bits per heavy atom. The molecule has 3 rings (SSSR count). The van der Waals surface area contributed by atoms with Crippen LogP contribution in [-0.2, 0) is 10.0 Å². The molecule has 1 aliphatic carbocycles. The highest BCUT2D eigenvalue weighted by atomic mass is 32.2. The predicted octanol–water partition coefficient (Wildman–Crippen LogP) is 2.43.